The van der Waals surface area contributed by atoms with Crippen LogP contribution in [-0.4, -0.2) is 52.8 Å². The highest BCUT2D eigenvalue weighted by molar-refractivity contribution is 7.11. The van der Waals surface area contributed by atoms with Gasteiger partial charge in [-0.15, -0.1) is 11.3 Å². The third-order valence-electron chi connectivity index (χ3n) is 3.29. The fraction of sp³-hybridized carbons (Fsp3) is 0.692. The molecule has 2 heterocycles. The smallest absolute Gasteiger partial charge is 0.228 e. The second kappa shape index (κ2) is 5.98. The van der Waals surface area contributed by atoms with E-state index in [-0.39, 0.29) is 12.0 Å². The van der Waals surface area contributed by atoms with Crippen LogP contribution in [0.1, 0.15) is 22.5 Å². The van der Waals surface area contributed by atoms with E-state index in [0.29, 0.717) is 26.1 Å². The summed E-state index contributed by atoms with van der Waals surface area (Å²) in [5.41, 5.74) is 0.849. The molecule has 1 aliphatic rings. The number of aryl methyl sites for hydroxylation is 2. The van der Waals surface area contributed by atoms with Gasteiger partial charge in [-0.05, 0) is 20.8 Å². The molecule has 1 aliphatic heterocycles. The highest BCUT2D eigenvalue weighted by Gasteiger charge is 2.34. The van der Waals surface area contributed by atoms with Crippen molar-refractivity contribution in [2.75, 3.05) is 19.7 Å². The average molecular weight is 284 g/mol. The average Bonchev–Trinajstić information content (AvgIpc) is 2.84. The van der Waals surface area contributed by atoms with Crippen molar-refractivity contribution in [3.05, 3.63) is 15.6 Å². The number of aromatic nitrogens is 1. The van der Waals surface area contributed by atoms with Crippen LogP contribution in [0.25, 0.3) is 0 Å². The summed E-state index contributed by atoms with van der Waals surface area (Å²) in [7, 11) is 0. The van der Waals surface area contributed by atoms with Gasteiger partial charge in [-0.25, -0.2) is 4.98 Å². The van der Waals surface area contributed by atoms with Gasteiger partial charge >= 0.3 is 0 Å². The van der Waals surface area contributed by atoms with Crippen LogP contribution < -0.4 is 0 Å². The molecular formula is C13H20N2O3S. The van der Waals surface area contributed by atoms with Crippen LogP contribution in [-0.2, 0) is 16.0 Å². The zero-order chi connectivity index (χ0) is 14.0. The molecule has 6 heteroatoms. The summed E-state index contributed by atoms with van der Waals surface area (Å²) in [4.78, 5) is 19.3. The molecule has 1 fully saturated rings. The first-order chi connectivity index (χ1) is 9.01. The lowest BCUT2D eigenvalue weighted by Crippen LogP contribution is -2.31. The number of hydrogen-bond acceptors (Lipinski definition) is 5. The Hall–Kier alpha value is -0.980. The van der Waals surface area contributed by atoms with E-state index in [9.17, 15) is 9.90 Å². The normalized spacial score (nSPS) is 23.1. The zero-order valence-electron chi connectivity index (χ0n) is 11.5. The molecule has 2 atom stereocenters. The summed E-state index contributed by atoms with van der Waals surface area (Å²) in [6.45, 7) is 7.18. The minimum absolute atomic E-state index is 0.00894. The Morgan fingerprint density at radius 2 is 2.26 bits per heavy atom. The first-order valence-corrected chi connectivity index (χ1v) is 7.33. The third kappa shape index (κ3) is 3.32. The number of likely N-dealkylation sites (tertiary alicyclic amines) is 1. The summed E-state index contributed by atoms with van der Waals surface area (Å²) in [5, 5.41) is 10.8. The molecule has 0 aromatic carbocycles. The monoisotopic (exact) mass is 284 g/mol. The van der Waals surface area contributed by atoms with Gasteiger partial charge < -0.3 is 14.7 Å². The maximum atomic E-state index is 12.2. The van der Waals surface area contributed by atoms with Gasteiger partial charge in [0.05, 0.1) is 23.2 Å². The fourth-order valence-corrected chi connectivity index (χ4v) is 3.16. The standard InChI is InChI=1S/C13H20N2O3S/c1-4-18-12-7-15(6-11(12)16)13(17)5-10-8(2)19-9(3)14-10/h11-12,16H,4-7H2,1-3H3/t11-,12-/m1/s1. The van der Waals surface area contributed by atoms with E-state index in [1.165, 1.54) is 0 Å². The van der Waals surface area contributed by atoms with Gasteiger partial charge in [-0.2, -0.15) is 0 Å². The molecule has 1 N–H and O–H groups in total. The second-order valence-electron chi connectivity index (χ2n) is 4.77. The molecule has 0 saturated carbocycles. The van der Waals surface area contributed by atoms with Crippen LogP contribution in [0.15, 0.2) is 0 Å². The van der Waals surface area contributed by atoms with Gasteiger partial charge in [0.15, 0.2) is 0 Å². The molecule has 0 unspecified atom stereocenters. The number of aliphatic hydroxyl groups is 1. The van der Waals surface area contributed by atoms with Crippen molar-refractivity contribution < 1.29 is 14.6 Å². The van der Waals surface area contributed by atoms with E-state index < -0.39 is 6.10 Å². The van der Waals surface area contributed by atoms with E-state index in [0.717, 1.165) is 15.6 Å². The van der Waals surface area contributed by atoms with Crippen LogP contribution in [0.3, 0.4) is 0 Å². The molecule has 5 nitrogen and oxygen atoms in total. The van der Waals surface area contributed by atoms with Crippen molar-refractivity contribution in [2.24, 2.45) is 0 Å². The van der Waals surface area contributed by atoms with Gasteiger partial charge in [-0.1, -0.05) is 0 Å². The number of aliphatic hydroxyl groups excluding tert-OH is 1. The van der Waals surface area contributed by atoms with E-state index in [1.54, 1.807) is 16.2 Å². The number of ether oxygens (including phenoxy) is 1. The predicted molar refractivity (Wildman–Crippen MR) is 73.3 cm³/mol. The summed E-state index contributed by atoms with van der Waals surface area (Å²) >= 11 is 1.61. The molecule has 1 amide bonds. The Kier molecular flexibility index (Phi) is 4.54. The highest BCUT2D eigenvalue weighted by atomic mass is 32.1. The molecule has 1 aromatic rings. The minimum atomic E-state index is -0.581. The van der Waals surface area contributed by atoms with Crippen LogP contribution in [0.4, 0.5) is 0 Å². The molecule has 2 rings (SSSR count). The Labute approximate surface area is 117 Å². The number of amides is 1. The van der Waals surface area contributed by atoms with Gasteiger partial charge in [0.25, 0.3) is 0 Å². The van der Waals surface area contributed by atoms with Crippen molar-refractivity contribution in [3.63, 3.8) is 0 Å². The maximum Gasteiger partial charge on any atom is 0.228 e. The van der Waals surface area contributed by atoms with Gasteiger partial charge in [0, 0.05) is 24.6 Å². The molecule has 1 aromatic heterocycles. The SMILES string of the molecule is CCO[C@@H]1CN(C(=O)Cc2nc(C)sc2C)C[C@H]1O. The van der Waals surface area contributed by atoms with E-state index >= 15 is 0 Å². The molecule has 106 valence electrons. The zero-order valence-corrected chi connectivity index (χ0v) is 12.4. The summed E-state index contributed by atoms with van der Waals surface area (Å²) in [6.07, 6.45) is -0.531. The van der Waals surface area contributed by atoms with E-state index in [2.05, 4.69) is 4.98 Å². The van der Waals surface area contributed by atoms with Gasteiger partial charge in [0.1, 0.15) is 6.10 Å². The minimum Gasteiger partial charge on any atom is -0.388 e. The Bertz CT molecular complexity index is 461. The van der Waals surface area contributed by atoms with E-state index in [1.807, 2.05) is 20.8 Å². The molecule has 0 radical (unpaired) electrons. The molecule has 1 saturated heterocycles. The summed E-state index contributed by atoms with van der Waals surface area (Å²) in [5.74, 6) is 0.00894. The fourth-order valence-electron chi connectivity index (χ4n) is 2.33. The summed E-state index contributed by atoms with van der Waals surface area (Å²) < 4.78 is 5.42. The molecule has 0 bridgehead atoms. The number of carbonyl (C=O) groups excluding carboxylic acids is 1. The van der Waals surface area contributed by atoms with Crippen LogP contribution in [0, 0.1) is 13.8 Å². The quantitative estimate of drug-likeness (QED) is 0.893. The van der Waals surface area contributed by atoms with Crippen molar-refractivity contribution in [1.82, 2.24) is 9.88 Å². The summed E-state index contributed by atoms with van der Waals surface area (Å²) in [6, 6.07) is 0. The van der Waals surface area contributed by atoms with Crippen LogP contribution in [0.2, 0.25) is 0 Å². The van der Waals surface area contributed by atoms with Crippen LogP contribution >= 0.6 is 11.3 Å². The molecule has 19 heavy (non-hydrogen) atoms. The number of rotatable bonds is 4. The lowest BCUT2D eigenvalue weighted by Gasteiger charge is -2.15. The Morgan fingerprint density at radius 1 is 1.53 bits per heavy atom. The third-order valence-corrected chi connectivity index (χ3v) is 4.22. The number of carbonyl (C=O) groups is 1. The first kappa shape index (κ1) is 14.4. The molecular weight excluding hydrogens is 264 g/mol. The largest absolute Gasteiger partial charge is 0.388 e. The van der Waals surface area contributed by atoms with Crippen molar-refractivity contribution in [2.45, 2.75) is 39.4 Å². The second-order valence-corrected chi connectivity index (χ2v) is 6.18. The maximum absolute atomic E-state index is 12.2. The first-order valence-electron chi connectivity index (χ1n) is 6.51. The van der Waals surface area contributed by atoms with Crippen molar-refractivity contribution in [1.29, 1.82) is 0 Å². The predicted octanol–water partition coefficient (Wildman–Crippen LogP) is 0.911. The van der Waals surface area contributed by atoms with Crippen LogP contribution in [0.5, 0.6) is 0 Å². The number of hydrogen-bond donors (Lipinski definition) is 1. The van der Waals surface area contributed by atoms with Crippen molar-refractivity contribution >= 4 is 17.2 Å². The Morgan fingerprint density at radius 3 is 2.84 bits per heavy atom. The number of nitrogens with zero attached hydrogens (tertiary/aromatic N) is 2. The highest BCUT2D eigenvalue weighted by Crippen LogP contribution is 2.19. The number of thiazole rings is 1. The number of β-amino-alcohol motifs (C(OH)–C–C–N with tert-alkyl or cyclic N) is 1. The topological polar surface area (TPSA) is 62.7 Å². The molecule has 0 spiro atoms. The molecule has 0 aliphatic carbocycles. The lowest BCUT2D eigenvalue weighted by atomic mass is 10.2. The Balaban J connectivity index is 1.96. The van der Waals surface area contributed by atoms with Gasteiger partial charge in [-0.3, -0.25) is 4.79 Å². The lowest BCUT2D eigenvalue weighted by molar-refractivity contribution is -0.130. The van der Waals surface area contributed by atoms with E-state index in [4.69, 9.17) is 4.74 Å². The van der Waals surface area contributed by atoms with Crippen molar-refractivity contribution in [3.8, 4) is 0 Å². The van der Waals surface area contributed by atoms with Gasteiger partial charge in [0.2, 0.25) is 5.91 Å².